The SMILES string of the molecule is CCC(Nc1cncc(F)n1)C(C)O. The van der Waals surface area contributed by atoms with E-state index in [0.717, 1.165) is 12.6 Å². The zero-order chi connectivity index (χ0) is 10.6. The van der Waals surface area contributed by atoms with Crippen LogP contribution in [0.4, 0.5) is 10.2 Å². The number of nitrogens with zero attached hydrogens (tertiary/aromatic N) is 2. The van der Waals surface area contributed by atoms with E-state index < -0.39 is 12.1 Å². The fourth-order valence-corrected chi connectivity index (χ4v) is 1.17. The van der Waals surface area contributed by atoms with Gasteiger partial charge in [0.1, 0.15) is 5.82 Å². The van der Waals surface area contributed by atoms with Gasteiger partial charge in [0.15, 0.2) is 0 Å². The predicted octanol–water partition coefficient (Wildman–Crippen LogP) is 1.19. The second kappa shape index (κ2) is 4.85. The zero-order valence-electron chi connectivity index (χ0n) is 8.24. The quantitative estimate of drug-likeness (QED) is 0.764. The summed E-state index contributed by atoms with van der Waals surface area (Å²) < 4.78 is 12.6. The molecule has 0 saturated carbocycles. The third-order valence-corrected chi connectivity index (χ3v) is 1.96. The first-order valence-corrected chi connectivity index (χ1v) is 4.55. The molecule has 14 heavy (non-hydrogen) atoms. The maximum Gasteiger partial charge on any atom is 0.233 e. The molecule has 1 aromatic rings. The van der Waals surface area contributed by atoms with Crippen LogP contribution in [0, 0.1) is 5.95 Å². The Hall–Kier alpha value is -1.23. The van der Waals surface area contributed by atoms with Crippen molar-refractivity contribution >= 4 is 5.82 Å². The molecule has 4 nitrogen and oxygen atoms in total. The van der Waals surface area contributed by atoms with Crippen LogP contribution in [0.2, 0.25) is 0 Å². The highest BCUT2D eigenvalue weighted by Gasteiger charge is 2.12. The van der Waals surface area contributed by atoms with Gasteiger partial charge in [-0.25, -0.2) is 0 Å². The van der Waals surface area contributed by atoms with Gasteiger partial charge >= 0.3 is 0 Å². The minimum absolute atomic E-state index is 0.133. The molecule has 0 bridgehead atoms. The van der Waals surface area contributed by atoms with Crippen LogP contribution in [0.1, 0.15) is 20.3 Å². The minimum Gasteiger partial charge on any atom is -0.391 e. The van der Waals surface area contributed by atoms with Crippen molar-refractivity contribution in [3.05, 3.63) is 18.3 Å². The summed E-state index contributed by atoms with van der Waals surface area (Å²) >= 11 is 0. The third kappa shape index (κ3) is 2.92. The van der Waals surface area contributed by atoms with E-state index in [2.05, 4.69) is 15.3 Å². The second-order valence-corrected chi connectivity index (χ2v) is 3.13. The summed E-state index contributed by atoms with van der Waals surface area (Å²) in [5.74, 6) is -0.284. The molecule has 0 saturated heterocycles. The first-order chi connectivity index (χ1) is 6.63. The van der Waals surface area contributed by atoms with E-state index in [4.69, 9.17) is 0 Å². The van der Waals surface area contributed by atoms with Gasteiger partial charge in [-0.3, -0.25) is 4.98 Å². The van der Waals surface area contributed by atoms with Crippen molar-refractivity contribution in [2.45, 2.75) is 32.4 Å². The number of rotatable bonds is 4. The van der Waals surface area contributed by atoms with Crippen LogP contribution in [0.15, 0.2) is 12.4 Å². The monoisotopic (exact) mass is 199 g/mol. The van der Waals surface area contributed by atoms with Crippen LogP contribution in [0.5, 0.6) is 0 Å². The van der Waals surface area contributed by atoms with Crippen molar-refractivity contribution in [3.8, 4) is 0 Å². The van der Waals surface area contributed by atoms with Crippen molar-refractivity contribution in [2.75, 3.05) is 5.32 Å². The Labute approximate surface area is 82.2 Å². The van der Waals surface area contributed by atoms with Gasteiger partial charge in [0.2, 0.25) is 5.95 Å². The molecule has 1 aromatic heterocycles. The van der Waals surface area contributed by atoms with E-state index in [1.807, 2.05) is 6.92 Å². The molecule has 78 valence electrons. The Bertz CT molecular complexity index is 293. The van der Waals surface area contributed by atoms with Crippen LogP contribution in [-0.2, 0) is 0 Å². The lowest BCUT2D eigenvalue weighted by Gasteiger charge is -2.19. The van der Waals surface area contributed by atoms with Gasteiger partial charge in [-0.15, -0.1) is 0 Å². The molecule has 0 aromatic carbocycles. The van der Waals surface area contributed by atoms with E-state index in [0.29, 0.717) is 5.82 Å². The normalized spacial score (nSPS) is 14.9. The van der Waals surface area contributed by atoms with Gasteiger partial charge < -0.3 is 10.4 Å². The Balaban J connectivity index is 2.67. The Morgan fingerprint density at radius 2 is 2.29 bits per heavy atom. The first kappa shape index (κ1) is 10.8. The van der Waals surface area contributed by atoms with E-state index in [1.165, 1.54) is 6.20 Å². The lowest BCUT2D eigenvalue weighted by atomic mass is 10.1. The highest BCUT2D eigenvalue weighted by molar-refractivity contribution is 5.31. The standard InChI is InChI=1S/C9H14FN3O/c1-3-7(6(2)14)12-9-5-11-4-8(10)13-9/h4-7,14H,3H2,1-2H3,(H,12,13). The lowest BCUT2D eigenvalue weighted by molar-refractivity contribution is 0.169. The number of aliphatic hydroxyl groups excluding tert-OH is 1. The molecule has 1 rings (SSSR count). The van der Waals surface area contributed by atoms with Crippen molar-refractivity contribution in [1.82, 2.24) is 9.97 Å². The molecular weight excluding hydrogens is 185 g/mol. The van der Waals surface area contributed by atoms with Crippen LogP contribution in [0.25, 0.3) is 0 Å². The topological polar surface area (TPSA) is 58.0 Å². The summed E-state index contributed by atoms with van der Waals surface area (Å²) in [5.41, 5.74) is 0. The fraction of sp³-hybridized carbons (Fsp3) is 0.556. The largest absolute Gasteiger partial charge is 0.391 e. The van der Waals surface area contributed by atoms with Crippen LogP contribution in [-0.4, -0.2) is 27.2 Å². The van der Waals surface area contributed by atoms with Crippen LogP contribution < -0.4 is 5.32 Å². The average Bonchev–Trinajstić information content (AvgIpc) is 2.14. The number of anilines is 1. The molecule has 2 unspecified atom stereocenters. The lowest BCUT2D eigenvalue weighted by Crippen LogP contribution is -2.31. The summed E-state index contributed by atoms with van der Waals surface area (Å²) in [6.07, 6.45) is 2.68. The van der Waals surface area contributed by atoms with Gasteiger partial charge in [-0.1, -0.05) is 6.92 Å². The minimum atomic E-state index is -0.629. The molecular formula is C9H14FN3O. The van der Waals surface area contributed by atoms with Gasteiger partial charge in [-0.05, 0) is 13.3 Å². The Morgan fingerprint density at radius 1 is 1.57 bits per heavy atom. The smallest absolute Gasteiger partial charge is 0.233 e. The number of hydrogen-bond acceptors (Lipinski definition) is 4. The molecule has 0 fully saturated rings. The maximum atomic E-state index is 12.6. The maximum absolute atomic E-state index is 12.6. The summed E-state index contributed by atoms with van der Waals surface area (Å²) in [4.78, 5) is 7.24. The highest BCUT2D eigenvalue weighted by Crippen LogP contribution is 2.08. The van der Waals surface area contributed by atoms with E-state index in [-0.39, 0.29) is 6.04 Å². The molecule has 5 heteroatoms. The molecule has 0 amide bonds. The molecule has 0 aliphatic rings. The van der Waals surface area contributed by atoms with Gasteiger partial charge in [0.25, 0.3) is 0 Å². The van der Waals surface area contributed by atoms with Crippen molar-refractivity contribution in [3.63, 3.8) is 0 Å². The van der Waals surface area contributed by atoms with Gasteiger partial charge in [0.05, 0.1) is 24.5 Å². The van der Waals surface area contributed by atoms with Gasteiger partial charge in [0, 0.05) is 0 Å². The summed E-state index contributed by atoms with van der Waals surface area (Å²) in [5, 5.41) is 12.2. The Kier molecular flexibility index (Phi) is 3.76. The number of halogens is 1. The number of nitrogens with one attached hydrogen (secondary N) is 1. The summed E-state index contributed by atoms with van der Waals surface area (Å²) in [6.45, 7) is 3.60. The molecule has 0 aliphatic carbocycles. The fourth-order valence-electron chi connectivity index (χ4n) is 1.17. The number of aliphatic hydroxyl groups is 1. The Morgan fingerprint density at radius 3 is 2.79 bits per heavy atom. The van der Waals surface area contributed by atoms with E-state index in [9.17, 15) is 9.50 Å². The van der Waals surface area contributed by atoms with E-state index in [1.54, 1.807) is 6.92 Å². The summed E-state index contributed by atoms with van der Waals surface area (Å²) in [7, 11) is 0. The van der Waals surface area contributed by atoms with Crippen molar-refractivity contribution in [2.24, 2.45) is 0 Å². The molecule has 0 spiro atoms. The van der Waals surface area contributed by atoms with E-state index >= 15 is 0 Å². The molecule has 2 atom stereocenters. The predicted molar refractivity (Wildman–Crippen MR) is 51.4 cm³/mol. The van der Waals surface area contributed by atoms with Crippen LogP contribution >= 0.6 is 0 Å². The highest BCUT2D eigenvalue weighted by atomic mass is 19.1. The molecule has 1 heterocycles. The number of hydrogen-bond donors (Lipinski definition) is 2. The van der Waals surface area contributed by atoms with Crippen molar-refractivity contribution in [1.29, 1.82) is 0 Å². The molecule has 0 radical (unpaired) electrons. The first-order valence-electron chi connectivity index (χ1n) is 4.55. The van der Waals surface area contributed by atoms with Crippen LogP contribution in [0.3, 0.4) is 0 Å². The summed E-state index contributed by atoms with van der Waals surface area (Å²) in [6, 6.07) is -0.133. The van der Waals surface area contributed by atoms with Gasteiger partial charge in [-0.2, -0.15) is 9.37 Å². The number of aromatic nitrogens is 2. The molecule has 2 N–H and O–H groups in total. The molecule has 0 aliphatic heterocycles. The zero-order valence-corrected chi connectivity index (χ0v) is 8.24. The third-order valence-electron chi connectivity index (χ3n) is 1.96. The average molecular weight is 199 g/mol. The second-order valence-electron chi connectivity index (χ2n) is 3.13. The van der Waals surface area contributed by atoms with Crippen molar-refractivity contribution < 1.29 is 9.50 Å².